The van der Waals surface area contributed by atoms with Gasteiger partial charge in [0, 0.05) is 6.54 Å². The van der Waals surface area contributed by atoms with Crippen LogP contribution in [0.2, 0.25) is 0 Å². The second-order valence-corrected chi connectivity index (χ2v) is 2.95. The van der Waals surface area contributed by atoms with E-state index in [1.165, 1.54) is 25.7 Å². The number of rotatable bonds is 7. The summed E-state index contributed by atoms with van der Waals surface area (Å²) in [6, 6.07) is 0. The van der Waals surface area contributed by atoms with Crippen LogP contribution in [0.25, 0.3) is 0 Å². The van der Waals surface area contributed by atoms with Crippen molar-refractivity contribution < 1.29 is 0 Å². The predicted molar refractivity (Wildman–Crippen MR) is 54.9 cm³/mol. The molecule has 1 nitrogen and oxygen atoms in total. The SMILES string of the molecule is CCC=CCCCCCNS. The molecule has 0 atom stereocenters. The van der Waals surface area contributed by atoms with Crippen molar-refractivity contribution in [2.75, 3.05) is 6.54 Å². The van der Waals surface area contributed by atoms with Crippen LogP contribution in [0.1, 0.15) is 39.0 Å². The molecule has 11 heavy (non-hydrogen) atoms. The topological polar surface area (TPSA) is 12.0 Å². The van der Waals surface area contributed by atoms with Gasteiger partial charge in [0.25, 0.3) is 0 Å². The van der Waals surface area contributed by atoms with E-state index in [0.717, 1.165) is 13.0 Å². The zero-order chi connectivity index (χ0) is 8.36. The largest absolute Gasteiger partial charge is 0.267 e. The van der Waals surface area contributed by atoms with Crippen LogP contribution in [0.4, 0.5) is 0 Å². The quantitative estimate of drug-likeness (QED) is 0.343. The van der Waals surface area contributed by atoms with Crippen LogP contribution in [0.15, 0.2) is 12.2 Å². The molecular weight excluding hydrogens is 154 g/mol. The zero-order valence-electron chi connectivity index (χ0n) is 7.34. The highest BCUT2D eigenvalue weighted by atomic mass is 32.1. The number of thiol groups is 1. The molecule has 2 heteroatoms. The molecule has 0 aromatic rings. The summed E-state index contributed by atoms with van der Waals surface area (Å²) in [4.78, 5) is 0. The fourth-order valence-corrected chi connectivity index (χ4v) is 1.09. The monoisotopic (exact) mass is 173 g/mol. The van der Waals surface area contributed by atoms with Crippen molar-refractivity contribution in [3.05, 3.63) is 12.2 Å². The molecule has 0 spiro atoms. The lowest BCUT2D eigenvalue weighted by atomic mass is 10.2. The molecule has 0 saturated carbocycles. The lowest BCUT2D eigenvalue weighted by Gasteiger charge is -1.96. The molecule has 0 radical (unpaired) electrons. The van der Waals surface area contributed by atoms with Crippen LogP contribution >= 0.6 is 12.8 Å². The summed E-state index contributed by atoms with van der Waals surface area (Å²) in [5, 5.41) is 0. The molecule has 0 fully saturated rings. The summed E-state index contributed by atoms with van der Waals surface area (Å²) in [6.45, 7) is 3.20. The van der Waals surface area contributed by atoms with Gasteiger partial charge in [-0.05, 0) is 25.7 Å². The summed E-state index contributed by atoms with van der Waals surface area (Å²) in [5.41, 5.74) is 0. The van der Waals surface area contributed by atoms with E-state index in [-0.39, 0.29) is 0 Å². The highest BCUT2D eigenvalue weighted by Gasteiger charge is 1.85. The van der Waals surface area contributed by atoms with Crippen LogP contribution in [-0.4, -0.2) is 6.54 Å². The van der Waals surface area contributed by atoms with E-state index in [1.807, 2.05) is 0 Å². The summed E-state index contributed by atoms with van der Waals surface area (Å²) in [5.74, 6) is 0. The van der Waals surface area contributed by atoms with Crippen LogP contribution in [-0.2, 0) is 0 Å². The molecule has 0 rings (SSSR count). The molecule has 0 saturated heterocycles. The van der Waals surface area contributed by atoms with Crippen molar-refractivity contribution in [2.45, 2.75) is 39.0 Å². The van der Waals surface area contributed by atoms with Crippen LogP contribution in [0.3, 0.4) is 0 Å². The molecule has 0 aliphatic heterocycles. The van der Waals surface area contributed by atoms with Crippen molar-refractivity contribution in [1.82, 2.24) is 4.72 Å². The molecule has 0 aliphatic carbocycles. The van der Waals surface area contributed by atoms with E-state index in [4.69, 9.17) is 0 Å². The Kier molecular flexibility index (Phi) is 10.1. The van der Waals surface area contributed by atoms with Gasteiger partial charge < -0.3 is 0 Å². The number of unbranched alkanes of at least 4 members (excludes halogenated alkanes) is 3. The maximum Gasteiger partial charge on any atom is 0.00561 e. The standard InChI is InChI=1S/C9H19NS/c1-2-3-4-5-6-7-8-9-10-11/h3-4,10-11H,2,5-9H2,1H3. The molecule has 0 bridgehead atoms. The van der Waals surface area contributed by atoms with Crippen molar-refractivity contribution in [3.63, 3.8) is 0 Å². The van der Waals surface area contributed by atoms with Gasteiger partial charge in [0.15, 0.2) is 0 Å². The third kappa shape index (κ3) is 10.1. The van der Waals surface area contributed by atoms with Gasteiger partial charge in [0.1, 0.15) is 0 Å². The maximum atomic E-state index is 3.92. The Balaban J connectivity index is 2.85. The highest BCUT2D eigenvalue weighted by molar-refractivity contribution is 7.78. The first-order valence-electron chi connectivity index (χ1n) is 4.43. The van der Waals surface area contributed by atoms with Gasteiger partial charge in [0.05, 0.1) is 0 Å². The smallest absolute Gasteiger partial charge is 0.00561 e. The Hall–Kier alpha value is 0.0500. The molecule has 0 aromatic carbocycles. The average molecular weight is 173 g/mol. The number of allylic oxidation sites excluding steroid dienone is 2. The Bertz CT molecular complexity index is 91.6. The van der Waals surface area contributed by atoms with Gasteiger partial charge in [-0.3, -0.25) is 4.72 Å². The molecule has 0 aliphatic rings. The molecule has 0 amide bonds. The minimum absolute atomic E-state index is 1.03. The van der Waals surface area contributed by atoms with Gasteiger partial charge >= 0.3 is 0 Å². The van der Waals surface area contributed by atoms with E-state index in [1.54, 1.807) is 0 Å². The second-order valence-electron chi connectivity index (χ2n) is 2.64. The first-order chi connectivity index (χ1) is 5.41. The second kappa shape index (κ2) is 10.0. The summed E-state index contributed by atoms with van der Waals surface area (Å²) < 4.78 is 2.85. The minimum atomic E-state index is 1.03. The lowest BCUT2D eigenvalue weighted by Crippen LogP contribution is -1.99. The normalized spacial score (nSPS) is 11.1. The molecule has 66 valence electrons. The highest BCUT2D eigenvalue weighted by Crippen LogP contribution is 2.00. The van der Waals surface area contributed by atoms with Crippen molar-refractivity contribution in [2.24, 2.45) is 0 Å². The van der Waals surface area contributed by atoms with E-state index < -0.39 is 0 Å². The number of hydrogen-bond donors (Lipinski definition) is 2. The van der Waals surface area contributed by atoms with Gasteiger partial charge in [0.2, 0.25) is 0 Å². The molecule has 1 N–H and O–H groups in total. The minimum Gasteiger partial charge on any atom is -0.267 e. The average Bonchev–Trinajstić information content (AvgIpc) is 2.03. The van der Waals surface area contributed by atoms with Crippen LogP contribution in [0, 0.1) is 0 Å². The van der Waals surface area contributed by atoms with E-state index in [9.17, 15) is 0 Å². The molecule has 0 aromatic heterocycles. The van der Waals surface area contributed by atoms with Crippen molar-refractivity contribution in [1.29, 1.82) is 0 Å². The predicted octanol–water partition coefficient (Wildman–Crippen LogP) is 2.95. The fraction of sp³-hybridized carbons (Fsp3) is 0.778. The first kappa shape index (κ1) is 11.1. The summed E-state index contributed by atoms with van der Waals surface area (Å²) >= 11 is 3.92. The zero-order valence-corrected chi connectivity index (χ0v) is 8.24. The number of nitrogens with one attached hydrogen (secondary N) is 1. The Labute approximate surface area is 75.8 Å². The van der Waals surface area contributed by atoms with Crippen molar-refractivity contribution in [3.8, 4) is 0 Å². The van der Waals surface area contributed by atoms with E-state index >= 15 is 0 Å². The van der Waals surface area contributed by atoms with Gasteiger partial charge in [-0.1, -0.05) is 38.3 Å². The number of hydrogen-bond acceptors (Lipinski definition) is 2. The summed E-state index contributed by atoms with van der Waals surface area (Å²) in [7, 11) is 0. The van der Waals surface area contributed by atoms with E-state index in [0.29, 0.717) is 0 Å². The third-order valence-corrected chi connectivity index (χ3v) is 1.79. The third-order valence-electron chi connectivity index (χ3n) is 1.56. The Morgan fingerprint density at radius 2 is 2.00 bits per heavy atom. The van der Waals surface area contributed by atoms with E-state index in [2.05, 4.69) is 36.6 Å². The first-order valence-corrected chi connectivity index (χ1v) is 4.88. The molecule has 0 unspecified atom stereocenters. The summed E-state index contributed by atoms with van der Waals surface area (Å²) in [6.07, 6.45) is 10.8. The van der Waals surface area contributed by atoms with Crippen molar-refractivity contribution >= 4 is 12.8 Å². The van der Waals surface area contributed by atoms with Crippen LogP contribution < -0.4 is 4.72 Å². The maximum absolute atomic E-state index is 3.92. The fourth-order valence-electron chi connectivity index (χ4n) is 0.928. The van der Waals surface area contributed by atoms with Gasteiger partial charge in [-0.25, -0.2) is 0 Å². The molecule has 0 heterocycles. The lowest BCUT2D eigenvalue weighted by molar-refractivity contribution is 0.682. The van der Waals surface area contributed by atoms with Gasteiger partial charge in [-0.2, -0.15) is 0 Å². The Morgan fingerprint density at radius 3 is 2.64 bits per heavy atom. The van der Waals surface area contributed by atoms with Gasteiger partial charge in [-0.15, -0.1) is 0 Å². The molecular formula is C9H19NS. The Morgan fingerprint density at radius 1 is 1.18 bits per heavy atom. The van der Waals surface area contributed by atoms with Crippen LogP contribution in [0.5, 0.6) is 0 Å².